The number of aliphatic hydroxyl groups is 1. The molecule has 2 saturated heterocycles. The first-order valence-electron chi connectivity index (χ1n) is 37.3. The third-order valence-corrected chi connectivity index (χ3v) is 19.1. The molecule has 2 aliphatic rings. The van der Waals surface area contributed by atoms with Crippen molar-refractivity contribution in [2.75, 3.05) is 30.3 Å². The number of urea groups is 2. The lowest BCUT2D eigenvalue weighted by Gasteiger charge is -2.30. The minimum Gasteiger partial charge on any atom is -0.394 e. The van der Waals surface area contributed by atoms with Crippen LogP contribution in [0.5, 0.6) is 0 Å². The number of rotatable bonds is 39. The van der Waals surface area contributed by atoms with E-state index in [4.69, 9.17) is 29.5 Å². The Morgan fingerprint density at radius 2 is 1.08 bits per heavy atom. The van der Waals surface area contributed by atoms with E-state index in [0.717, 1.165) is 10.8 Å². The number of carbonyl (C=O) groups excluding carboxylic acids is 15. The van der Waals surface area contributed by atoms with E-state index >= 15 is 4.79 Å². The van der Waals surface area contributed by atoms with Gasteiger partial charge >= 0.3 is 12.1 Å². The fourth-order valence-electron chi connectivity index (χ4n) is 12.8. The molecule has 0 aliphatic carbocycles. The fourth-order valence-corrected chi connectivity index (χ4v) is 12.9. The summed E-state index contributed by atoms with van der Waals surface area (Å²) < 4.78 is 0. The number of anilines is 2. The molecule has 115 heavy (non-hydrogen) atoms. The number of unbranched alkanes of at least 4 members (excludes halogenated alkanes) is 1. The van der Waals surface area contributed by atoms with Crippen molar-refractivity contribution in [3.8, 4) is 12.3 Å². The Morgan fingerprint density at radius 1 is 0.574 bits per heavy atom. The van der Waals surface area contributed by atoms with E-state index in [1.54, 1.807) is 42.5 Å². The third-order valence-electron chi connectivity index (χ3n) is 18.8. The number of hydrogen-bond donors (Lipinski definition) is 17. The van der Waals surface area contributed by atoms with Crippen molar-refractivity contribution >= 4 is 123 Å². The normalized spacial score (nSPS) is 16.1. The number of hydrogen-bond acceptors (Lipinski definition) is 18. The lowest BCUT2D eigenvalue weighted by Crippen LogP contribution is -2.61. The van der Waals surface area contributed by atoms with E-state index < -0.39 is 175 Å². The van der Waals surface area contributed by atoms with Gasteiger partial charge in [-0.2, -0.15) is 0 Å². The minimum atomic E-state index is -1.94. The predicted molar refractivity (Wildman–Crippen MR) is 424 cm³/mol. The number of primary amides is 2. The summed E-state index contributed by atoms with van der Waals surface area (Å²) >= 11 is 6.25. The average molecular weight is 1600 g/mol. The molecule has 0 unspecified atom stereocenters. The van der Waals surface area contributed by atoms with E-state index in [9.17, 15) is 72.2 Å². The van der Waals surface area contributed by atoms with Gasteiger partial charge in [0.15, 0.2) is 6.04 Å². The van der Waals surface area contributed by atoms with Crippen LogP contribution in [-0.2, 0) is 94.4 Å². The highest BCUT2D eigenvalue weighted by atomic mass is 35.5. The lowest BCUT2D eigenvalue weighted by molar-refractivity contribution is -0.142. The van der Waals surface area contributed by atoms with Crippen LogP contribution in [0.25, 0.3) is 10.8 Å². The maximum atomic E-state index is 15.3. The zero-order chi connectivity index (χ0) is 83.4. The van der Waals surface area contributed by atoms with Crippen LogP contribution < -0.4 is 85.9 Å². The van der Waals surface area contributed by atoms with Crippen LogP contribution in [0.3, 0.4) is 0 Å². The van der Waals surface area contributed by atoms with Gasteiger partial charge in [0.25, 0.3) is 5.91 Å². The first-order valence-corrected chi connectivity index (χ1v) is 37.7. The Kier molecular flexibility index (Phi) is 32.6. The second-order valence-electron chi connectivity index (χ2n) is 28.2. The molecule has 17 amide bonds. The molecule has 0 radical (unpaired) electrons. The van der Waals surface area contributed by atoms with Gasteiger partial charge in [-0.1, -0.05) is 116 Å². The molecule has 1 aromatic heterocycles. The number of amides is 17. The number of terminal acetylenes is 1. The number of likely N-dealkylation sites (tertiary alicyclic amines) is 1. The maximum absolute atomic E-state index is 15.3. The van der Waals surface area contributed by atoms with Crippen LogP contribution in [0.2, 0.25) is 5.02 Å². The molecular weight excluding hydrogens is 1500 g/mol. The van der Waals surface area contributed by atoms with Crippen molar-refractivity contribution in [1.29, 1.82) is 0 Å². The number of nitrogens with one attached hydrogen (secondary N) is 14. The molecule has 5 aromatic carbocycles. The van der Waals surface area contributed by atoms with Gasteiger partial charge in [0.05, 0.1) is 13.0 Å². The van der Waals surface area contributed by atoms with Crippen molar-refractivity contribution in [2.24, 2.45) is 11.5 Å². The molecule has 608 valence electrons. The van der Waals surface area contributed by atoms with E-state index in [0.29, 0.717) is 53.1 Å². The van der Waals surface area contributed by atoms with Crippen LogP contribution >= 0.6 is 11.6 Å². The first kappa shape index (κ1) is 87.7. The number of pyridine rings is 1. The highest BCUT2D eigenvalue weighted by Crippen LogP contribution is 2.23. The van der Waals surface area contributed by atoms with Crippen molar-refractivity contribution in [2.45, 2.75) is 171 Å². The highest BCUT2D eigenvalue weighted by molar-refractivity contribution is 6.30. The summed E-state index contributed by atoms with van der Waals surface area (Å²) in [6.07, 6.45) is 8.69. The van der Waals surface area contributed by atoms with Crippen LogP contribution in [0, 0.1) is 12.3 Å². The second-order valence-corrected chi connectivity index (χ2v) is 28.6. The molecular formula is C80H95ClN18O16. The second kappa shape index (κ2) is 42.7. The van der Waals surface area contributed by atoms with Crippen LogP contribution in [0.15, 0.2) is 140 Å². The molecule has 11 atom stereocenters. The number of halogens is 1. The van der Waals surface area contributed by atoms with Crippen LogP contribution in [-0.4, -0.2) is 196 Å². The summed E-state index contributed by atoms with van der Waals surface area (Å²) in [5.41, 5.74) is 13.3. The summed E-state index contributed by atoms with van der Waals surface area (Å²) in [4.78, 5) is 212. The van der Waals surface area contributed by atoms with Gasteiger partial charge in [-0.25, -0.2) is 9.59 Å². The van der Waals surface area contributed by atoms with Gasteiger partial charge in [0.2, 0.25) is 70.9 Å². The Bertz CT molecular complexity index is 4550. The molecule has 8 rings (SSSR count). The van der Waals surface area contributed by atoms with Gasteiger partial charge < -0.3 is 90.6 Å². The topological polar surface area (TPSA) is 513 Å². The predicted octanol–water partition coefficient (Wildman–Crippen LogP) is 0.102. The van der Waals surface area contributed by atoms with Crippen molar-refractivity contribution in [3.63, 3.8) is 0 Å². The molecule has 0 spiro atoms. The quantitative estimate of drug-likeness (QED) is 0.0180. The smallest absolute Gasteiger partial charge is 0.322 e. The lowest BCUT2D eigenvalue weighted by atomic mass is 9.99. The van der Waals surface area contributed by atoms with Crippen molar-refractivity contribution in [1.82, 2.24) is 73.7 Å². The molecule has 3 heterocycles. The third kappa shape index (κ3) is 27.2. The monoisotopic (exact) mass is 1600 g/mol. The number of aromatic nitrogens is 1. The Morgan fingerprint density at radius 3 is 1.60 bits per heavy atom. The number of carbonyl (C=O) groups is 15. The number of benzene rings is 5. The van der Waals surface area contributed by atoms with E-state index in [1.807, 2.05) is 55.6 Å². The SMILES string of the molecule is C#C[C@H](NC(=O)[C@H](Cc1ccc(NC(N)=O)cc1)NC(=O)[C@H](Cc1ccc(NC(=O)[C@@H]2CC(=O)NC(=O)N2)cc1)NC(=O)[C@H](CO)NC(=O)[C@H](Cc1cccnc1)NC(=O)[C@@H](Cc1ccc(Cl)cc1)NC(=O)[C@@H](Cc1ccc2ccccc2c1)NC(C)=O)C(=O)N[C@@H](CCCCNC(C)C)C(=O)N1CCC[C@H]1C(=O)N[C@H](C)C(N)=O. The molecule has 19 N–H and O–H groups in total. The molecule has 0 bridgehead atoms. The van der Waals surface area contributed by atoms with Gasteiger partial charge in [0.1, 0.15) is 60.4 Å². The largest absolute Gasteiger partial charge is 0.394 e. The van der Waals surface area contributed by atoms with Crippen molar-refractivity contribution < 1.29 is 77.0 Å². The number of imide groups is 1. The minimum absolute atomic E-state index is 0.00179. The van der Waals surface area contributed by atoms with Gasteiger partial charge in [-0.05, 0) is 127 Å². The molecule has 6 aromatic rings. The van der Waals surface area contributed by atoms with Gasteiger partial charge in [0, 0.05) is 80.4 Å². The Balaban J connectivity index is 1.08. The summed E-state index contributed by atoms with van der Waals surface area (Å²) in [7, 11) is 0. The molecule has 34 nitrogen and oxygen atoms in total. The Labute approximate surface area is 667 Å². The van der Waals surface area contributed by atoms with E-state index in [2.05, 4.69) is 80.0 Å². The maximum Gasteiger partial charge on any atom is 0.322 e. The molecule has 2 aliphatic heterocycles. The number of nitrogens with zero attached hydrogens (tertiary/aromatic N) is 2. The van der Waals surface area contributed by atoms with Crippen molar-refractivity contribution in [3.05, 3.63) is 173 Å². The number of aliphatic hydroxyl groups excluding tert-OH is 1. The van der Waals surface area contributed by atoms with Gasteiger partial charge in [-0.3, -0.25) is 72.6 Å². The summed E-state index contributed by atoms with van der Waals surface area (Å²) in [5.74, 6) is -9.12. The summed E-state index contributed by atoms with van der Waals surface area (Å²) in [5, 5.41) is 49.4. The van der Waals surface area contributed by atoms with E-state index in [1.165, 1.54) is 79.7 Å². The van der Waals surface area contributed by atoms with Crippen LogP contribution in [0.1, 0.15) is 94.0 Å². The average Bonchev–Trinajstić information content (AvgIpc) is 0.893. The molecule has 35 heteroatoms. The number of nitrogens with two attached hydrogens (primary N) is 2. The standard InChI is InChI=1S/C80H95ClN18O16/c1-6-57(69(104)91-58(16-9-10-33-85-44(2)3)78(113)99-34-12-17-66(99)77(112)86-45(4)68(82)103)90-72(107)60(37-49-23-30-56(31-24-49)89-79(83)114)93-74(109)62(38-48-21-28-55(29-22-48)88-70(105)64-41-67(102)98-80(115)97-64)95-76(111)65(43-100)96-75(110)63(40-51-13-11-32-84-42-51)94-73(108)61(36-47-19-26-54(81)27-20-47)92-71(106)59(87-46(5)101)39-50-18-25-52-14-7-8-15-53(52)35-50/h1,7-8,11,13-15,18-32,35,42,44-45,57-66,85,100H,9-10,12,16-17,33-34,36-41,43H2,2-5H3,(H2,82,103)(H,86,112)(H,87,101)(H,88,105)(H,90,107)(H,91,104)(H,92,106)(H,93,109)(H,94,108)(H,95,111)(H,96,110)(H3,83,89,114)(H2,97,98,102,115)/t45-,57+,58+,59-,60+,61-,62+,63+,64+,65+,66+/m1/s1. The highest BCUT2D eigenvalue weighted by Gasteiger charge is 2.41. The van der Waals surface area contributed by atoms with Gasteiger partial charge in [-0.15, -0.1) is 6.42 Å². The zero-order valence-corrected chi connectivity index (χ0v) is 64.4. The van der Waals surface area contributed by atoms with Crippen LogP contribution in [0.4, 0.5) is 21.0 Å². The van der Waals surface area contributed by atoms with E-state index in [-0.39, 0.29) is 68.0 Å². The number of fused-ring (bicyclic) bond motifs is 1. The summed E-state index contributed by atoms with van der Waals surface area (Å²) in [6, 6.07) is 16.1. The molecule has 0 saturated carbocycles. The fraction of sp³-hybridized carbons (Fsp3) is 0.375. The zero-order valence-electron chi connectivity index (χ0n) is 63.7. The molecule has 2 fully saturated rings. The summed E-state index contributed by atoms with van der Waals surface area (Å²) in [6.45, 7) is 6.02. The first-order chi connectivity index (χ1) is 54.9. The Hall–Kier alpha value is -12.9.